The fourth-order valence-electron chi connectivity index (χ4n) is 3.63. The summed E-state index contributed by atoms with van der Waals surface area (Å²) in [5.41, 5.74) is 1.00. The lowest BCUT2D eigenvalue weighted by Crippen LogP contribution is -2.20. The van der Waals surface area contributed by atoms with Crippen molar-refractivity contribution in [3.63, 3.8) is 0 Å². The molecule has 4 nitrogen and oxygen atoms in total. The van der Waals surface area contributed by atoms with Crippen LogP contribution in [0.3, 0.4) is 0 Å². The van der Waals surface area contributed by atoms with E-state index in [0.717, 1.165) is 35.8 Å². The van der Waals surface area contributed by atoms with Crippen molar-refractivity contribution in [1.82, 2.24) is 9.97 Å². The third-order valence-electron chi connectivity index (χ3n) is 4.51. The van der Waals surface area contributed by atoms with Gasteiger partial charge in [-0.25, -0.2) is 4.98 Å². The molecule has 0 spiro atoms. The van der Waals surface area contributed by atoms with Gasteiger partial charge in [0, 0.05) is 25.4 Å². The normalized spacial score (nSPS) is 29.6. The number of aromatic nitrogens is 2. The zero-order valence-electron chi connectivity index (χ0n) is 11.2. The highest BCUT2D eigenvalue weighted by Crippen LogP contribution is 2.48. The molecule has 0 aromatic carbocycles. The van der Waals surface area contributed by atoms with Crippen molar-refractivity contribution in [3.05, 3.63) is 11.8 Å². The summed E-state index contributed by atoms with van der Waals surface area (Å²) in [6.07, 6.45) is 5.80. The number of nitrogens with one attached hydrogen (secondary N) is 2. The fourth-order valence-corrected chi connectivity index (χ4v) is 3.63. The van der Waals surface area contributed by atoms with Gasteiger partial charge in [-0.15, -0.1) is 0 Å². The number of hydrogen-bond donors (Lipinski definition) is 2. The molecule has 18 heavy (non-hydrogen) atoms. The van der Waals surface area contributed by atoms with Gasteiger partial charge in [0.25, 0.3) is 0 Å². The molecule has 1 aromatic rings. The van der Waals surface area contributed by atoms with Crippen LogP contribution in [0.5, 0.6) is 0 Å². The largest absolute Gasteiger partial charge is 0.370 e. The summed E-state index contributed by atoms with van der Waals surface area (Å²) in [4.78, 5) is 8.75. The van der Waals surface area contributed by atoms with Crippen LogP contribution in [0.1, 0.15) is 31.4 Å². The molecule has 1 heterocycles. The number of anilines is 2. The van der Waals surface area contributed by atoms with Crippen molar-refractivity contribution in [1.29, 1.82) is 0 Å². The topological polar surface area (TPSA) is 49.8 Å². The molecule has 4 heteroatoms. The van der Waals surface area contributed by atoms with Gasteiger partial charge in [0.2, 0.25) is 5.95 Å². The highest BCUT2D eigenvalue weighted by atomic mass is 15.1. The van der Waals surface area contributed by atoms with E-state index < -0.39 is 0 Å². The standard InChI is InChI=1S/C14H22N4/c1-9-5-13(18-14(15-2)17-9)16-8-12-7-10-3-4-11(12)6-10/h5,10-12H,3-4,6-8H2,1-2H3,(H2,15,16,17,18). The molecular formula is C14H22N4. The summed E-state index contributed by atoms with van der Waals surface area (Å²) >= 11 is 0. The van der Waals surface area contributed by atoms with Crippen LogP contribution in [0.4, 0.5) is 11.8 Å². The minimum atomic E-state index is 0.699. The molecule has 0 radical (unpaired) electrons. The summed E-state index contributed by atoms with van der Waals surface area (Å²) in [7, 11) is 1.86. The van der Waals surface area contributed by atoms with E-state index in [1.54, 1.807) is 0 Å². The van der Waals surface area contributed by atoms with Crippen LogP contribution in [-0.2, 0) is 0 Å². The van der Waals surface area contributed by atoms with Crippen LogP contribution in [-0.4, -0.2) is 23.6 Å². The van der Waals surface area contributed by atoms with Crippen LogP contribution in [0.25, 0.3) is 0 Å². The molecule has 2 saturated carbocycles. The average molecular weight is 246 g/mol. The Hall–Kier alpha value is -1.32. The van der Waals surface area contributed by atoms with E-state index in [2.05, 4.69) is 20.6 Å². The van der Waals surface area contributed by atoms with E-state index in [1.165, 1.54) is 25.7 Å². The smallest absolute Gasteiger partial charge is 0.224 e. The van der Waals surface area contributed by atoms with Crippen LogP contribution >= 0.6 is 0 Å². The molecular weight excluding hydrogens is 224 g/mol. The molecule has 2 N–H and O–H groups in total. The third-order valence-corrected chi connectivity index (χ3v) is 4.51. The Morgan fingerprint density at radius 1 is 1.28 bits per heavy atom. The van der Waals surface area contributed by atoms with Gasteiger partial charge in [-0.05, 0) is 43.9 Å². The minimum absolute atomic E-state index is 0.699. The third kappa shape index (κ3) is 2.28. The van der Waals surface area contributed by atoms with Gasteiger partial charge < -0.3 is 10.6 Å². The maximum absolute atomic E-state index is 4.44. The Balaban J connectivity index is 1.61. The SMILES string of the molecule is CNc1nc(C)cc(NCC2CC3CCC2C3)n1. The fraction of sp³-hybridized carbons (Fsp3) is 0.714. The number of fused-ring (bicyclic) bond motifs is 2. The van der Waals surface area contributed by atoms with Gasteiger partial charge in [0.05, 0.1) is 0 Å². The molecule has 2 bridgehead atoms. The first-order valence-electron chi connectivity index (χ1n) is 7.02. The lowest BCUT2D eigenvalue weighted by molar-refractivity contribution is 0.348. The Morgan fingerprint density at radius 3 is 2.83 bits per heavy atom. The van der Waals surface area contributed by atoms with Crippen molar-refractivity contribution in [3.8, 4) is 0 Å². The van der Waals surface area contributed by atoms with Crippen molar-refractivity contribution < 1.29 is 0 Å². The number of rotatable bonds is 4. The number of nitrogens with zero attached hydrogens (tertiary/aromatic N) is 2. The highest BCUT2D eigenvalue weighted by molar-refractivity contribution is 5.41. The second-order valence-electron chi connectivity index (χ2n) is 5.78. The highest BCUT2D eigenvalue weighted by Gasteiger charge is 2.39. The first-order chi connectivity index (χ1) is 8.74. The quantitative estimate of drug-likeness (QED) is 0.857. The molecule has 98 valence electrons. The second-order valence-corrected chi connectivity index (χ2v) is 5.78. The van der Waals surface area contributed by atoms with E-state index >= 15 is 0 Å². The van der Waals surface area contributed by atoms with E-state index in [0.29, 0.717) is 5.95 Å². The van der Waals surface area contributed by atoms with Crippen LogP contribution in [0, 0.1) is 24.7 Å². The molecule has 1 aromatic heterocycles. The minimum Gasteiger partial charge on any atom is -0.370 e. The Morgan fingerprint density at radius 2 is 2.17 bits per heavy atom. The lowest BCUT2D eigenvalue weighted by Gasteiger charge is -2.22. The summed E-state index contributed by atoms with van der Waals surface area (Å²) in [6.45, 7) is 3.08. The van der Waals surface area contributed by atoms with Gasteiger partial charge in [0.15, 0.2) is 0 Å². The van der Waals surface area contributed by atoms with Crippen molar-refractivity contribution in [2.45, 2.75) is 32.6 Å². The van der Waals surface area contributed by atoms with Crippen molar-refractivity contribution in [2.24, 2.45) is 17.8 Å². The monoisotopic (exact) mass is 246 g/mol. The zero-order chi connectivity index (χ0) is 12.5. The molecule has 0 amide bonds. The molecule has 3 unspecified atom stereocenters. The molecule has 0 aliphatic heterocycles. The maximum Gasteiger partial charge on any atom is 0.224 e. The van der Waals surface area contributed by atoms with Gasteiger partial charge in [-0.2, -0.15) is 4.98 Å². The van der Waals surface area contributed by atoms with E-state index in [4.69, 9.17) is 0 Å². The molecule has 3 atom stereocenters. The van der Waals surface area contributed by atoms with Crippen molar-refractivity contribution in [2.75, 3.05) is 24.2 Å². The molecule has 0 saturated heterocycles. The molecule has 2 aliphatic rings. The van der Waals surface area contributed by atoms with Crippen molar-refractivity contribution >= 4 is 11.8 Å². The maximum atomic E-state index is 4.44. The molecule has 3 rings (SSSR count). The first kappa shape index (κ1) is 11.8. The number of hydrogen-bond acceptors (Lipinski definition) is 4. The lowest BCUT2D eigenvalue weighted by atomic mass is 9.89. The van der Waals surface area contributed by atoms with E-state index in [-0.39, 0.29) is 0 Å². The van der Waals surface area contributed by atoms with Gasteiger partial charge in [0.1, 0.15) is 5.82 Å². The van der Waals surface area contributed by atoms with E-state index in [1.807, 2.05) is 20.0 Å². The average Bonchev–Trinajstić information content (AvgIpc) is 2.97. The van der Waals surface area contributed by atoms with Crippen LogP contribution in [0.15, 0.2) is 6.07 Å². The van der Waals surface area contributed by atoms with E-state index in [9.17, 15) is 0 Å². The second kappa shape index (κ2) is 4.75. The van der Waals surface area contributed by atoms with Crippen LogP contribution < -0.4 is 10.6 Å². The summed E-state index contributed by atoms with van der Waals surface area (Å²) in [5, 5.41) is 6.50. The van der Waals surface area contributed by atoms with Crippen LogP contribution in [0.2, 0.25) is 0 Å². The first-order valence-corrected chi connectivity index (χ1v) is 7.02. The Kier molecular flexibility index (Phi) is 3.10. The molecule has 2 fully saturated rings. The Bertz CT molecular complexity index is 432. The predicted molar refractivity (Wildman–Crippen MR) is 73.7 cm³/mol. The summed E-state index contributed by atoms with van der Waals surface area (Å²) in [5.74, 6) is 4.49. The Labute approximate surface area is 109 Å². The number of aryl methyl sites for hydroxylation is 1. The van der Waals surface area contributed by atoms with Gasteiger partial charge in [-0.3, -0.25) is 0 Å². The zero-order valence-corrected chi connectivity index (χ0v) is 11.2. The van der Waals surface area contributed by atoms with Gasteiger partial charge in [-0.1, -0.05) is 6.42 Å². The predicted octanol–water partition coefficient (Wildman–Crippen LogP) is 2.67. The summed E-state index contributed by atoms with van der Waals surface area (Å²) < 4.78 is 0. The summed E-state index contributed by atoms with van der Waals surface area (Å²) in [6, 6.07) is 2.02. The molecule has 2 aliphatic carbocycles. The van der Waals surface area contributed by atoms with Gasteiger partial charge >= 0.3 is 0 Å².